The highest BCUT2D eigenvalue weighted by Crippen LogP contribution is 2.34. The third-order valence-corrected chi connectivity index (χ3v) is 6.47. The Morgan fingerprint density at radius 1 is 1.14 bits per heavy atom. The number of thiophene rings is 1. The van der Waals surface area contributed by atoms with Crippen molar-refractivity contribution in [2.75, 3.05) is 0 Å². The van der Waals surface area contributed by atoms with E-state index >= 15 is 0 Å². The molecule has 4 nitrogen and oxygen atoms in total. The number of thiazole rings is 1. The van der Waals surface area contributed by atoms with Gasteiger partial charge in [0.1, 0.15) is 11.3 Å². The van der Waals surface area contributed by atoms with E-state index < -0.39 is 11.8 Å². The van der Waals surface area contributed by atoms with Crippen LogP contribution in [0, 0.1) is 5.82 Å². The molecule has 1 N–H and O–H groups in total. The van der Waals surface area contributed by atoms with E-state index in [1.807, 2.05) is 0 Å². The predicted molar refractivity (Wildman–Crippen MR) is 109 cm³/mol. The number of halogens is 2. The topological polar surface area (TPSA) is 67.3 Å². The highest BCUT2D eigenvalue weighted by Gasteiger charge is 2.23. The van der Waals surface area contributed by atoms with Crippen LogP contribution in [0.3, 0.4) is 0 Å². The number of Topliss-reactive ketones (excluding diaryl/α,β-unsaturated/α-hetero) is 1. The molecule has 0 fully saturated rings. The molecule has 0 unspecified atom stereocenters. The minimum Gasteiger partial charge on any atom is -0.478 e. The fraction of sp³-hybridized carbons (Fsp3) is 0.0500. The number of para-hydroxylation sites is 1. The lowest BCUT2D eigenvalue weighted by Crippen LogP contribution is -2.07. The summed E-state index contributed by atoms with van der Waals surface area (Å²) in [5, 5.41) is 12.1. The lowest BCUT2D eigenvalue weighted by Gasteiger charge is -2.03. The van der Waals surface area contributed by atoms with E-state index in [9.17, 15) is 19.1 Å². The maximum atomic E-state index is 13.8. The third kappa shape index (κ3) is 3.44. The zero-order valence-corrected chi connectivity index (χ0v) is 16.5. The van der Waals surface area contributed by atoms with Crippen molar-refractivity contribution in [2.24, 2.45) is 0 Å². The fourth-order valence-corrected chi connectivity index (χ4v) is 4.95. The molecule has 0 atom stereocenters. The molecule has 0 radical (unpaired) electrons. The molecule has 2 aromatic heterocycles. The summed E-state index contributed by atoms with van der Waals surface area (Å²) in [4.78, 5) is 29.1. The van der Waals surface area contributed by atoms with Crippen molar-refractivity contribution in [1.29, 1.82) is 0 Å². The van der Waals surface area contributed by atoms with Gasteiger partial charge in [-0.25, -0.2) is 14.2 Å². The number of fused-ring (bicyclic) bond motifs is 1. The van der Waals surface area contributed by atoms with Crippen molar-refractivity contribution in [3.63, 3.8) is 0 Å². The summed E-state index contributed by atoms with van der Waals surface area (Å²) in [6.07, 6.45) is -0.110. The molecule has 0 saturated heterocycles. The molecule has 28 heavy (non-hydrogen) atoms. The summed E-state index contributed by atoms with van der Waals surface area (Å²) in [5.74, 6) is -1.93. The van der Waals surface area contributed by atoms with E-state index in [-0.39, 0.29) is 28.3 Å². The van der Waals surface area contributed by atoms with Crippen LogP contribution in [-0.4, -0.2) is 21.8 Å². The Hall–Kier alpha value is -2.61. The third-order valence-electron chi connectivity index (χ3n) is 4.17. The molecule has 2 aromatic carbocycles. The summed E-state index contributed by atoms with van der Waals surface area (Å²) in [5.41, 5.74) is 1.49. The second-order valence-electron chi connectivity index (χ2n) is 5.97. The maximum Gasteiger partial charge on any atom is 0.337 e. The number of aromatic nitrogens is 1. The number of aromatic carboxylic acids is 1. The van der Waals surface area contributed by atoms with Crippen molar-refractivity contribution in [2.45, 2.75) is 6.42 Å². The second kappa shape index (κ2) is 7.43. The molecule has 0 aliphatic heterocycles. The summed E-state index contributed by atoms with van der Waals surface area (Å²) >= 11 is 8.20. The van der Waals surface area contributed by atoms with Gasteiger partial charge in [-0.15, -0.1) is 22.7 Å². The van der Waals surface area contributed by atoms with Crippen molar-refractivity contribution in [3.8, 4) is 11.1 Å². The molecule has 0 spiro atoms. The Kier molecular flexibility index (Phi) is 4.97. The molecule has 0 amide bonds. The maximum absolute atomic E-state index is 13.8. The number of rotatable bonds is 5. The Morgan fingerprint density at radius 3 is 2.57 bits per heavy atom. The van der Waals surface area contributed by atoms with E-state index in [2.05, 4.69) is 4.98 Å². The van der Waals surface area contributed by atoms with Crippen molar-refractivity contribution in [1.82, 2.24) is 4.98 Å². The van der Waals surface area contributed by atoms with Crippen LogP contribution in [-0.2, 0) is 6.42 Å². The molecule has 4 rings (SSSR count). The normalized spacial score (nSPS) is 11.1. The van der Waals surface area contributed by atoms with Gasteiger partial charge in [0.05, 0.1) is 10.3 Å². The molecule has 0 saturated carbocycles. The standard InChI is InChI=1S/C20H11ClFNO3S2/c21-11-6-4-10(5-7-11)12-9-27-16(17(12)20(25)26)8-14(24)19-23-18-13(22)2-1-3-15(18)28-19/h1-7,9H,8H2,(H,25,26). The van der Waals surface area contributed by atoms with Crippen LogP contribution in [0.5, 0.6) is 0 Å². The SMILES string of the molecule is O=C(Cc1scc(-c2ccc(Cl)cc2)c1C(=O)O)c1nc2c(F)cccc2s1. The van der Waals surface area contributed by atoms with E-state index in [4.69, 9.17) is 11.6 Å². The number of carbonyl (C=O) groups is 2. The van der Waals surface area contributed by atoms with Gasteiger partial charge in [0.2, 0.25) is 0 Å². The average Bonchev–Trinajstić information content (AvgIpc) is 3.27. The van der Waals surface area contributed by atoms with Crippen molar-refractivity contribution >= 4 is 56.2 Å². The molecule has 0 bridgehead atoms. The van der Waals surface area contributed by atoms with Gasteiger partial charge in [0.15, 0.2) is 10.8 Å². The van der Waals surface area contributed by atoms with Crippen LogP contribution in [0.15, 0.2) is 47.8 Å². The highest BCUT2D eigenvalue weighted by molar-refractivity contribution is 7.20. The van der Waals surface area contributed by atoms with Crippen LogP contribution < -0.4 is 0 Å². The van der Waals surface area contributed by atoms with Crippen molar-refractivity contribution < 1.29 is 19.1 Å². The minimum atomic E-state index is -1.11. The Balaban J connectivity index is 1.69. The zero-order valence-electron chi connectivity index (χ0n) is 14.1. The molecule has 4 aromatic rings. The molecule has 0 aliphatic carbocycles. The molecular weight excluding hydrogens is 421 g/mol. The van der Waals surface area contributed by atoms with Crippen LogP contribution >= 0.6 is 34.3 Å². The van der Waals surface area contributed by atoms with Crippen LogP contribution in [0.1, 0.15) is 25.0 Å². The van der Waals surface area contributed by atoms with E-state index in [0.717, 1.165) is 11.3 Å². The summed E-state index contributed by atoms with van der Waals surface area (Å²) in [7, 11) is 0. The first-order chi connectivity index (χ1) is 13.4. The van der Waals surface area contributed by atoms with Crippen molar-refractivity contribution in [3.05, 3.63) is 74.1 Å². The highest BCUT2D eigenvalue weighted by atomic mass is 35.5. The average molecular weight is 432 g/mol. The van der Waals surface area contributed by atoms with E-state index in [1.165, 1.54) is 17.4 Å². The van der Waals surface area contributed by atoms with E-state index in [0.29, 0.717) is 25.7 Å². The lowest BCUT2D eigenvalue weighted by atomic mass is 10.0. The summed E-state index contributed by atoms with van der Waals surface area (Å²) < 4.78 is 14.4. The first-order valence-electron chi connectivity index (χ1n) is 8.12. The van der Waals surface area contributed by atoms with Gasteiger partial charge in [-0.3, -0.25) is 4.79 Å². The summed E-state index contributed by atoms with van der Waals surface area (Å²) in [6.45, 7) is 0. The molecule has 2 heterocycles. The quantitative estimate of drug-likeness (QED) is 0.397. The number of carboxylic acids is 1. The fourth-order valence-electron chi connectivity index (χ4n) is 2.86. The van der Waals surface area contributed by atoms with Gasteiger partial charge in [-0.1, -0.05) is 29.8 Å². The molecule has 140 valence electrons. The van der Waals surface area contributed by atoms with Crippen LogP contribution in [0.25, 0.3) is 21.3 Å². The predicted octanol–water partition coefficient (Wildman–Crippen LogP) is 5.94. The number of carboxylic acid groups (broad SMARTS) is 1. The van der Waals surface area contributed by atoms with Gasteiger partial charge in [-0.05, 0) is 35.2 Å². The smallest absolute Gasteiger partial charge is 0.337 e. The molecular formula is C20H11ClFNO3S2. The lowest BCUT2D eigenvalue weighted by molar-refractivity contribution is 0.0697. The van der Waals surface area contributed by atoms with Gasteiger partial charge in [-0.2, -0.15) is 0 Å². The Bertz CT molecular complexity index is 1210. The first kappa shape index (κ1) is 18.7. The second-order valence-corrected chi connectivity index (χ2v) is 8.40. The Morgan fingerprint density at radius 2 is 1.89 bits per heavy atom. The van der Waals surface area contributed by atoms with Crippen LogP contribution in [0.2, 0.25) is 5.02 Å². The van der Waals surface area contributed by atoms with E-state index in [1.54, 1.807) is 41.8 Å². The van der Waals surface area contributed by atoms with Gasteiger partial charge in [0, 0.05) is 21.9 Å². The largest absolute Gasteiger partial charge is 0.478 e. The molecule has 0 aliphatic rings. The number of hydrogen-bond acceptors (Lipinski definition) is 5. The Labute approximate surface area is 171 Å². The first-order valence-corrected chi connectivity index (χ1v) is 10.2. The van der Waals surface area contributed by atoms with Gasteiger partial charge < -0.3 is 5.11 Å². The summed E-state index contributed by atoms with van der Waals surface area (Å²) in [6, 6.07) is 11.4. The van der Waals surface area contributed by atoms with Crippen LogP contribution in [0.4, 0.5) is 4.39 Å². The zero-order chi connectivity index (χ0) is 19.8. The molecule has 8 heteroatoms. The number of hydrogen-bond donors (Lipinski definition) is 1. The van der Waals surface area contributed by atoms with Gasteiger partial charge >= 0.3 is 5.97 Å². The van der Waals surface area contributed by atoms with Gasteiger partial charge in [0.25, 0.3) is 0 Å². The number of carbonyl (C=O) groups excluding carboxylic acids is 1. The number of ketones is 1. The number of nitrogens with zero attached hydrogens (tertiary/aromatic N) is 1. The monoisotopic (exact) mass is 431 g/mol. The number of benzene rings is 2. The minimum absolute atomic E-state index is 0.0907.